The Labute approximate surface area is 111 Å². The zero-order chi connectivity index (χ0) is 13.8. The van der Waals surface area contributed by atoms with Crippen LogP contribution in [0, 0.1) is 0 Å². The van der Waals surface area contributed by atoms with Crippen molar-refractivity contribution >= 4 is 39.3 Å². The molecule has 0 unspecified atom stereocenters. The van der Waals surface area contributed by atoms with Crippen LogP contribution in [0.2, 0.25) is 0 Å². The highest BCUT2D eigenvalue weighted by atomic mass is 32.1. The number of fused-ring (bicyclic) bond motifs is 1. The van der Waals surface area contributed by atoms with Gasteiger partial charge in [0.15, 0.2) is 0 Å². The average molecular weight is 279 g/mol. The standard InChI is InChI=1S/C12H9NO5S/c14-10(15)5-11(16)18-13-12(17)8-6-19-9-4-2-1-3-7(8)9/h1-4,6H,5H2,(H,13,17)(H,14,15). The van der Waals surface area contributed by atoms with Crippen molar-refractivity contribution in [1.82, 2.24) is 5.48 Å². The molecule has 19 heavy (non-hydrogen) atoms. The van der Waals surface area contributed by atoms with Crippen LogP contribution in [-0.2, 0) is 14.4 Å². The Morgan fingerprint density at radius 2 is 2.00 bits per heavy atom. The average Bonchev–Trinajstić information content (AvgIpc) is 2.79. The smallest absolute Gasteiger partial charge is 0.343 e. The molecule has 1 amide bonds. The summed E-state index contributed by atoms with van der Waals surface area (Å²) in [6.07, 6.45) is -0.801. The van der Waals surface area contributed by atoms with Crippen LogP contribution in [0.15, 0.2) is 29.6 Å². The molecule has 1 heterocycles. The van der Waals surface area contributed by atoms with Crippen molar-refractivity contribution in [3.05, 3.63) is 35.2 Å². The summed E-state index contributed by atoms with van der Waals surface area (Å²) in [5.41, 5.74) is 2.32. The quantitative estimate of drug-likeness (QED) is 0.657. The fourth-order valence-corrected chi connectivity index (χ4v) is 2.41. The van der Waals surface area contributed by atoms with Gasteiger partial charge in [0.1, 0.15) is 6.42 Å². The second-order valence-electron chi connectivity index (χ2n) is 3.62. The fraction of sp³-hybridized carbons (Fsp3) is 0.0833. The van der Waals surface area contributed by atoms with Gasteiger partial charge in [0.2, 0.25) is 0 Å². The number of carboxylic acids is 1. The minimum atomic E-state index is -1.32. The Balaban J connectivity index is 2.04. The van der Waals surface area contributed by atoms with Gasteiger partial charge < -0.3 is 9.94 Å². The summed E-state index contributed by atoms with van der Waals surface area (Å²) in [5.74, 6) is -2.93. The summed E-state index contributed by atoms with van der Waals surface area (Å²) < 4.78 is 0.935. The predicted molar refractivity (Wildman–Crippen MR) is 67.6 cm³/mol. The Kier molecular flexibility index (Phi) is 3.76. The Morgan fingerprint density at radius 3 is 2.74 bits per heavy atom. The Hall–Kier alpha value is -2.41. The van der Waals surface area contributed by atoms with E-state index in [-0.39, 0.29) is 0 Å². The van der Waals surface area contributed by atoms with Crippen LogP contribution in [0.3, 0.4) is 0 Å². The number of aliphatic carboxylic acids is 1. The number of rotatable bonds is 3. The van der Waals surface area contributed by atoms with Gasteiger partial charge in [0, 0.05) is 15.5 Å². The molecular weight excluding hydrogens is 270 g/mol. The molecule has 0 bridgehead atoms. The van der Waals surface area contributed by atoms with E-state index < -0.39 is 24.3 Å². The lowest BCUT2D eigenvalue weighted by Crippen LogP contribution is -2.27. The van der Waals surface area contributed by atoms with Crippen LogP contribution in [-0.4, -0.2) is 23.0 Å². The van der Waals surface area contributed by atoms with E-state index in [9.17, 15) is 14.4 Å². The summed E-state index contributed by atoms with van der Waals surface area (Å²) in [6.45, 7) is 0. The number of carboxylic acid groups (broad SMARTS) is 1. The molecule has 0 radical (unpaired) electrons. The molecule has 0 spiro atoms. The van der Waals surface area contributed by atoms with Gasteiger partial charge in [-0.25, -0.2) is 4.79 Å². The Morgan fingerprint density at radius 1 is 1.26 bits per heavy atom. The molecule has 0 saturated carbocycles. The van der Waals surface area contributed by atoms with Gasteiger partial charge in [-0.1, -0.05) is 18.2 Å². The SMILES string of the molecule is O=C(O)CC(=O)ONC(=O)c1csc2ccccc12. The minimum absolute atomic E-state index is 0.378. The van der Waals surface area contributed by atoms with Crippen molar-refractivity contribution in [3.8, 4) is 0 Å². The molecule has 1 aromatic carbocycles. The second-order valence-corrected chi connectivity index (χ2v) is 4.53. The van der Waals surface area contributed by atoms with Gasteiger partial charge in [-0.3, -0.25) is 9.59 Å². The van der Waals surface area contributed by atoms with Crippen molar-refractivity contribution in [3.63, 3.8) is 0 Å². The largest absolute Gasteiger partial charge is 0.481 e. The van der Waals surface area contributed by atoms with Crippen molar-refractivity contribution in [2.45, 2.75) is 6.42 Å². The van der Waals surface area contributed by atoms with E-state index in [1.807, 2.05) is 17.6 Å². The molecule has 6 nitrogen and oxygen atoms in total. The minimum Gasteiger partial charge on any atom is -0.481 e. The lowest BCUT2D eigenvalue weighted by molar-refractivity contribution is -0.155. The number of hydrogen-bond acceptors (Lipinski definition) is 5. The van der Waals surface area contributed by atoms with Crippen molar-refractivity contribution < 1.29 is 24.3 Å². The van der Waals surface area contributed by atoms with Crippen molar-refractivity contribution in [1.29, 1.82) is 0 Å². The summed E-state index contributed by atoms with van der Waals surface area (Å²) in [6, 6.07) is 7.29. The van der Waals surface area contributed by atoms with Gasteiger partial charge in [-0.2, -0.15) is 5.48 Å². The second kappa shape index (κ2) is 5.49. The number of hydrogen-bond donors (Lipinski definition) is 2. The van der Waals surface area contributed by atoms with Gasteiger partial charge in [-0.05, 0) is 6.07 Å². The molecular formula is C12H9NO5S. The number of hydroxylamine groups is 1. The third-order valence-corrected chi connectivity index (χ3v) is 3.24. The summed E-state index contributed by atoms with van der Waals surface area (Å²) in [5, 5.41) is 10.8. The predicted octanol–water partition coefficient (Wildman–Crippen LogP) is 1.56. The number of thiophene rings is 1. The highest BCUT2D eigenvalue weighted by molar-refractivity contribution is 7.17. The number of nitrogens with one attached hydrogen (secondary N) is 1. The number of carbonyl (C=O) groups is 3. The molecule has 0 saturated heterocycles. The summed E-state index contributed by atoms with van der Waals surface area (Å²) >= 11 is 1.39. The molecule has 0 aliphatic carbocycles. The third-order valence-electron chi connectivity index (χ3n) is 2.28. The lowest BCUT2D eigenvalue weighted by Gasteiger charge is -2.03. The first-order valence-corrected chi connectivity index (χ1v) is 6.14. The summed E-state index contributed by atoms with van der Waals surface area (Å²) in [7, 11) is 0. The van der Waals surface area contributed by atoms with E-state index in [1.165, 1.54) is 11.3 Å². The highest BCUT2D eigenvalue weighted by Crippen LogP contribution is 2.25. The number of carbonyl (C=O) groups excluding carboxylic acids is 2. The molecule has 0 aliphatic rings. The zero-order valence-electron chi connectivity index (χ0n) is 9.58. The first kappa shape index (κ1) is 13.0. The fourth-order valence-electron chi connectivity index (χ4n) is 1.47. The lowest BCUT2D eigenvalue weighted by atomic mass is 10.2. The number of amides is 1. The maximum absolute atomic E-state index is 11.8. The van der Waals surface area contributed by atoms with Crippen LogP contribution >= 0.6 is 11.3 Å². The van der Waals surface area contributed by atoms with Crippen molar-refractivity contribution in [2.24, 2.45) is 0 Å². The third kappa shape index (κ3) is 3.08. The van der Waals surface area contributed by atoms with E-state index in [0.717, 1.165) is 10.1 Å². The zero-order valence-corrected chi connectivity index (χ0v) is 10.4. The van der Waals surface area contributed by atoms with E-state index in [1.54, 1.807) is 17.5 Å². The maximum atomic E-state index is 11.8. The highest BCUT2D eigenvalue weighted by Gasteiger charge is 2.15. The van der Waals surface area contributed by atoms with Crippen LogP contribution in [0.5, 0.6) is 0 Å². The molecule has 0 atom stereocenters. The van der Waals surface area contributed by atoms with Crippen LogP contribution in [0.1, 0.15) is 16.8 Å². The Bertz CT molecular complexity index is 648. The maximum Gasteiger partial charge on any atom is 0.343 e. The monoisotopic (exact) mass is 279 g/mol. The van der Waals surface area contributed by atoms with Gasteiger partial charge in [0.25, 0.3) is 5.91 Å². The molecule has 2 rings (SSSR count). The first-order valence-electron chi connectivity index (χ1n) is 5.26. The van der Waals surface area contributed by atoms with Gasteiger partial charge in [-0.15, -0.1) is 11.3 Å². The molecule has 2 aromatic rings. The summed E-state index contributed by atoms with van der Waals surface area (Å²) in [4.78, 5) is 37.4. The van der Waals surface area contributed by atoms with E-state index in [2.05, 4.69) is 4.84 Å². The van der Waals surface area contributed by atoms with E-state index in [4.69, 9.17) is 5.11 Å². The van der Waals surface area contributed by atoms with Crippen LogP contribution < -0.4 is 5.48 Å². The molecule has 7 heteroatoms. The first-order chi connectivity index (χ1) is 9.08. The van der Waals surface area contributed by atoms with Crippen LogP contribution in [0.25, 0.3) is 10.1 Å². The van der Waals surface area contributed by atoms with E-state index in [0.29, 0.717) is 5.56 Å². The van der Waals surface area contributed by atoms with E-state index >= 15 is 0 Å². The van der Waals surface area contributed by atoms with Crippen LogP contribution in [0.4, 0.5) is 0 Å². The normalized spacial score (nSPS) is 10.1. The number of benzene rings is 1. The molecule has 1 aromatic heterocycles. The van der Waals surface area contributed by atoms with Crippen molar-refractivity contribution in [2.75, 3.05) is 0 Å². The van der Waals surface area contributed by atoms with Gasteiger partial charge >= 0.3 is 11.9 Å². The van der Waals surface area contributed by atoms with Gasteiger partial charge in [0.05, 0.1) is 5.56 Å². The molecule has 2 N–H and O–H groups in total. The topological polar surface area (TPSA) is 92.7 Å². The molecule has 0 aliphatic heterocycles. The molecule has 98 valence electrons. The molecule has 0 fully saturated rings.